The van der Waals surface area contributed by atoms with E-state index >= 15 is 0 Å². The van der Waals surface area contributed by atoms with Crippen LogP contribution < -0.4 is 15.1 Å². The average molecular weight is 449 g/mol. The first-order valence-corrected chi connectivity index (χ1v) is 13.2. The van der Waals surface area contributed by atoms with Gasteiger partial charge in [-0.3, -0.25) is 0 Å². The highest BCUT2D eigenvalue weighted by Gasteiger charge is 2.50. The van der Waals surface area contributed by atoms with Crippen LogP contribution in [0.5, 0.6) is 5.75 Å². The summed E-state index contributed by atoms with van der Waals surface area (Å²) in [5.74, 6) is 1.15. The summed E-state index contributed by atoms with van der Waals surface area (Å²) in [5, 5.41) is 2.61. The summed E-state index contributed by atoms with van der Waals surface area (Å²) < 4.78 is 18.2. The summed E-state index contributed by atoms with van der Waals surface area (Å²) in [6.45, 7) is 11.0. The quantitative estimate of drug-likeness (QED) is 0.387. The zero-order chi connectivity index (χ0) is 23.0. The molecule has 3 aromatic rings. The number of benzene rings is 3. The molecule has 4 heteroatoms. The monoisotopic (exact) mass is 448 g/mol. The second kappa shape index (κ2) is 11.0. The Bertz CT molecular complexity index is 894. The Labute approximate surface area is 194 Å². The minimum atomic E-state index is -2.50. The van der Waals surface area contributed by atoms with Gasteiger partial charge < -0.3 is 13.9 Å². The minimum Gasteiger partial charge on any atom is -0.497 e. The fraction of sp³-hybridized carbons (Fsp3) is 0.357. The van der Waals surface area contributed by atoms with Crippen molar-refractivity contribution in [3.05, 3.63) is 90.5 Å². The lowest BCUT2D eigenvalue weighted by atomic mass is 10.2. The lowest BCUT2D eigenvalue weighted by molar-refractivity contribution is 0.0724. The second-order valence-electron chi connectivity index (χ2n) is 9.44. The van der Waals surface area contributed by atoms with E-state index in [0.29, 0.717) is 19.8 Å². The van der Waals surface area contributed by atoms with Crippen LogP contribution in [-0.4, -0.2) is 28.6 Å². The summed E-state index contributed by atoms with van der Waals surface area (Å²) in [5.41, 5.74) is 1.14. The molecular weight excluding hydrogens is 412 g/mol. The zero-order valence-electron chi connectivity index (χ0n) is 20.0. The van der Waals surface area contributed by atoms with Gasteiger partial charge in [0.2, 0.25) is 0 Å². The molecule has 0 saturated carbocycles. The van der Waals surface area contributed by atoms with Crippen LogP contribution in [0.25, 0.3) is 0 Å². The Morgan fingerprint density at radius 1 is 0.750 bits per heavy atom. The Morgan fingerprint density at radius 3 is 1.75 bits per heavy atom. The first-order valence-electron chi connectivity index (χ1n) is 11.3. The molecule has 0 aromatic heterocycles. The molecule has 0 heterocycles. The van der Waals surface area contributed by atoms with Gasteiger partial charge in [-0.1, -0.05) is 100 Å². The molecule has 0 aliphatic rings. The van der Waals surface area contributed by atoms with Crippen LogP contribution in [0, 0.1) is 5.92 Å². The predicted molar refractivity (Wildman–Crippen MR) is 135 cm³/mol. The molecule has 32 heavy (non-hydrogen) atoms. The van der Waals surface area contributed by atoms with Crippen molar-refractivity contribution < 1.29 is 13.9 Å². The van der Waals surface area contributed by atoms with E-state index in [1.807, 2.05) is 24.3 Å². The molecular formula is C28H36O3Si. The van der Waals surface area contributed by atoms with E-state index in [-0.39, 0.29) is 11.0 Å². The third-order valence-corrected chi connectivity index (χ3v) is 10.8. The molecule has 0 saturated heterocycles. The molecule has 1 unspecified atom stereocenters. The number of ether oxygens (including phenoxy) is 2. The van der Waals surface area contributed by atoms with Crippen LogP contribution in [0.1, 0.15) is 33.3 Å². The highest BCUT2D eigenvalue weighted by atomic mass is 28.4. The minimum absolute atomic E-state index is 0.0145. The molecule has 1 atom stereocenters. The fourth-order valence-corrected chi connectivity index (χ4v) is 8.87. The third kappa shape index (κ3) is 5.69. The van der Waals surface area contributed by atoms with E-state index in [1.165, 1.54) is 10.4 Å². The van der Waals surface area contributed by atoms with E-state index in [2.05, 4.69) is 88.4 Å². The van der Waals surface area contributed by atoms with E-state index in [9.17, 15) is 0 Å². The van der Waals surface area contributed by atoms with Crippen LogP contribution in [0.15, 0.2) is 84.9 Å². The molecule has 3 nitrogen and oxygen atoms in total. The largest absolute Gasteiger partial charge is 0.497 e. The predicted octanol–water partition coefficient (Wildman–Crippen LogP) is 5.42. The molecule has 0 bridgehead atoms. The van der Waals surface area contributed by atoms with Crippen LogP contribution in [0.2, 0.25) is 5.04 Å². The van der Waals surface area contributed by atoms with Gasteiger partial charge in [0.25, 0.3) is 8.32 Å². The maximum Gasteiger partial charge on any atom is 0.261 e. The van der Waals surface area contributed by atoms with Crippen molar-refractivity contribution in [2.24, 2.45) is 5.92 Å². The smallest absolute Gasteiger partial charge is 0.261 e. The van der Waals surface area contributed by atoms with E-state index in [1.54, 1.807) is 7.11 Å². The van der Waals surface area contributed by atoms with Crippen molar-refractivity contribution in [1.82, 2.24) is 0 Å². The zero-order valence-corrected chi connectivity index (χ0v) is 21.0. The third-order valence-electron chi connectivity index (χ3n) is 5.83. The van der Waals surface area contributed by atoms with E-state index in [0.717, 1.165) is 11.3 Å². The van der Waals surface area contributed by atoms with Crippen molar-refractivity contribution in [2.45, 2.75) is 39.3 Å². The van der Waals surface area contributed by atoms with Crippen molar-refractivity contribution in [2.75, 3.05) is 20.3 Å². The molecule has 0 aliphatic carbocycles. The van der Waals surface area contributed by atoms with Gasteiger partial charge in [-0.2, -0.15) is 0 Å². The lowest BCUT2D eigenvalue weighted by Gasteiger charge is -2.43. The number of methoxy groups -OCH3 is 1. The Morgan fingerprint density at radius 2 is 1.28 bits per heavy atom. The van der Waals surface area contributed by atoms with Crippen molar-refractivity contribution >= 4 is 18.7 Å². The lowest BCUT2D eigenvalue weighted by Crippen LogP contribution is -2.66. The van der Waals surface area contributed by atoms with Gasteiger partial charge in [0.15, 0.2) is 0 Å². The summed E-state index contributed by atoms with van der Waals surface area (Å²) in [7, 11) is -0.816. The van der Waals surface area contributed by atoms with Crippen LogP contribution in [-0.2, 0) is 15.8 Å². The van der Waals surface area contributed by atoms with E-state index < -0.39 is 8.32 Å². The summed E-state index contributed by atoms with van der Waals surface area (Å²) >= 11 is 0. The average Bonchev–Trinajstić information content (AvgIpc) is 2.80. The molecule has 0 radical (unpaired) electrons. The standard InChI is InChI=1S/C28H36O3Si/c1-23(20-30-22-24-16-18-25(29-5)19-17-24)21-31-32(28(2,3)4,26-12-8-6-9-13-26)27-14-10-7-11-15-27/h6-19,23H,20-22H2,1-5H3. The van der Waals surface area contributed by atoms with E-state index in [4.69, 9.17) is 13.9 Å². The molecule has 0 amide bonds. The number of hydrogen-bond acceptors (Lipinski definition) is 3. The molecule has 3 rings (SSSR count). The summed E-state index contributed by atoms with van der Waals surface area (Å²) in [6, 6.07) is 29.6. The highest BCUT2D eigenvalue weighted by molar-refractivity contribution is 6.99. The van der Waals surface area contributed by atoms with Gasteiger partial charge >= 0.3 is 0 Å². The molecule has 0 N–H and O–H groups in total. The van der Waals surface area contributed by atoms with Gasteiger partial charge in [0.1, 0.15) is 5.75 Å². The van der Waals surface area contributed by atoms with Gasteiger partial charge in [0, 0.05) is 12.5 Å². The van der Waals surface area contributed by atoms with Crippen LogP contribution in [0.3, 0.4) is 0 Å². The molecule has 170 valence electrons. The molecule has 3 aromatic carbocycles. The Kier molecular flexibility index (Phi) is 8.30. The molecule has 0 aliphatic heterocycles. The summed E-state index contributed by atoms with van der Waals surface area (Å²) in [4.78, 5) is 0. The van der Waals surface area contributed by atoms with Crippen molar-refractivity contribution in [3.63, 3.8) is 0 Å². The number of hydrogen-bond donors (Lipinski definition) is 0. The maximum atomic E-state index is 7.00. The summed E-state index contributed by atoms with van der Waals surface area (Å²) in [6.07, 6.45) is 0. The SMILES string of the molecule is COc1ccc(COCC(C)CO[Si](c2ccccc2)(c2ccccc2)C(C)(C)C)cc1. The van der Waals surface area contributed by atoms with Gasteiger partial charge in [0.05, 0.1) is 20.3 Å². The van der Waals surface area contributed by atoms with Crippen LogP contribution in [0.4, 0.5) is 0 Å². The van der Waals surface area contributed by atoms with Gasteiger partial charge in [-0.25, -0.2) is 0 Å². The Hall–Kier alpha value is -2.40. The van der Waals surface area contributed by atoms with Crippen LogP contribution >= 0.6 is 0 Å². The molecule has 0 fully saturated rings. The maximum absolute atomic E-state index is 7.00. The van der Waals surface area contributed by atoms with Crippen molar-refractivity contribution in [1.29, 1.82) is 0 Å². The Balaban J connectivity index is 1.72. The normalized spacial score (nSPS) is 13.0. The van der Waals surface area contributed by atoms with Gasteiger partial charge in [-0.15, -0.1) is 0 Å². The second-order valence-corrected chi connectivity index (χ2v) is 13.7. The fourth-order valence-electron chi connectivity index (χ4n) is 4.18. The highest BCUT2D eigenvalue weighted by Crippen LogP contribution is 2.37. The first kappa shape index (κ1) is 24.2. The molecule has 0 spiro atoms. The topological polar surface area (TPSA) is 27.7 Å². The van der Waals surface area contributed by atoms with Gasteiger partial charge in [-0.05, 0) is 33.1 Å². The number of rotatable bonds is 10. The first-order chi connectivity index (χ1) is 15.4. The van der Waals surface area contributed by atoms with Crippen molar-refractivity contribution in [3.8, 4) is 5.75 Å².